The quantitative estimate of drug-likeness (QED) is 0.0373. The molecular formula is C43H78O5. The summed E-state index contributed by atoms with van der Waals surface area (Å²) in [4.78, 5) is 25.0. The van der Waals surface area contributed by atoms with Crippen LogP contribution in [-0.2, 0) is 23.8 Å². The van der Waals surface area contributed by atoms with Gasteiger partial charge in [-0.3, -0.25) is 9.59 Å². The van der Waals surface area contributed by atoms with Crippen LogP contribution in [0.15, 0.2) is 36.5 Å². The topological polar surface area (TPSA) is 61.8 Å². The van der Waals surface area contributed by atoms with E-state index in [-0.39, 0.29) is 25.2 Å². The van der Waals surface area contributed by atoms with E-state index in [0.717, 1.165) is 64.2 Å². The van der Waals surface area contributed by atoms with E-state index in [1.165, 1.54) is 103 Å². The van der Waals surface area contributed by atoms with E-state index in [9.17, 15) is 9.59 Å². The molecule has 0 aliphatic rings. The van der Waals surface area contributed by atoms with Crippen LogP contribution in [0.2, 0.25) is 0 Å². The number of esters is 2. The minimum Gasteiger partial charge on any atom is -0.462 e. The van der Waals surface area contributed by atoms with Gasteiger partial charge in [-0.15, -0.1) is 0 Å². The van der Waals surface area contributed by atoms with Crippen LogP contribution < -0.4 is 0 Å². The maximum atomic E-state index is 12.6. The van der Waals surface area contributed by atoms with Gasteiger partial charge in [0.1, 0.15) is 6.61 Å². The van der Waals surface area contributed by atoms with Crippen molar-refractivity contribution in [3.8, 4) is 0 Å². The molecule has 0 N–H and O–H groups in total. The van der Waals surface area contributed by atoms with Crippen LogP contribution in [-0.4, -0.2) is 37.9 Å². The summed E-state index contributed by atoms with van der Waals surface area (Å²) in [5, 5.41) is 0. The van der Waals surface area contributed by atoms with Crippen LogP contribution in [0.3, 0.4) is 0 Å². The largest absolute Gasteiger partial charge is 0.462 e. The zero-order valence-electron chi connectivity index (χ0n) is 32.0. The van der Waals surface area contributed by atoms with Crippen molar-refractivity contribution in [2.24, 2.45) is 0 Å². The van der Waals surface area contributed by atoms with Crippen LogP contribution in [0, 0.1) is 0 Å². The number of hydrogen-bond acceptors (Lipinski definition) is 5. The lowest BCUT2D eigenvalue weighted by Gasteiger charge is -2.18. The Hall–Kier alpha value is -1.88. The third kappa shape index (κ3) is 36.9. The van der Waals surface area contributed by atoms with E-state index < -0.39 is 6.10 Å². The molecule has 1 atom stereocenters. The summed E-state index contributed by atoms with van der Waals surface area (Å²) in [5.74, 6) is -0.413. The fraction of sp³-hybridized carbons (Fsp3) is 0.814. The minimum atomic E-state index is -0.537. The van der Waals surface area contributed by atoms with Crippen molar-refractivity contribution in [3.05, 3.63) is 36.5 Å². The molecule has 0 aromatic rings. The van der Waals surface area contributed by atoms with Gasteiger partial charge in [0.2, 0.25) is 0 Å². The first-order valence-corrected chi connectivity index (χ1v) is 20.5. The Bertz CT molecular complexity index is 771. The van der Waals surface area contributed by atoms with Gasteiger partial charge in [0, 0.05) is 19.4 Å². The minimum absolute atomic E-state index is 0.0799. The van der Waals surface area contributed by atoms with Gasteiger partial charge in [-0.25, -0.2) is 0 Å². The van der Waals surface area contributed by atoms with E-state index in [2.05, 4.69) is 57.2 Å². The SMILES string of the molecule is CC/C=C\C/C=C\C/C=C\CCCCCCOCC(COC(=O)CCCCCCCCCCCCC)OC(=O)CCCCCCCCC. The molecule has 0 aliphatic heterocycles. The van der Waals surface area contributed by atoms with Gasteiger partial charge >= 0.3 is 11.9 Å². The Labute approximate surface area is 298 Å². The van der Waals surface area contributed by atoms with Crippen molar-refractivity contribution in [1.29, 1.82) is 0 Å². The number of hydrogen-bond donors (Lipinski definition) is 0. The van der Waals surface area contributed by atoms with E-state index in [1.54, 1.807) is 0 Å². The van der Waals surface area contributed by atoms with Crippen LogP contribution in [0.5, 0.6) is 0 Å². The Morgan fingerprint density at radius 1 is 0.479 bits per heavy atom. The molecule has 0 saturated carbocycles. The Morgan fingerprint density at radius 3 is 1.50 bits per heavy atom. The summed E-state index contributed by atoms with van der Waals surface area (Å²) < 4.78 is 17.2. The first-order valence-electron chi connectivity index (χ1n) is 20.5. The monoisotopic (exact) mass is 675 g/mol. The summed E-state index contributed by atoms with van der Waals surface area (Å²) in [6.45, 7) is 7.63. The predicted octanol–water partition coefficient (Wildman–Crippen LogP) is 13.1. The number of unbranched alkanes of at least 4 members (excludes halogenated alkanes) is 20. The zero-order valence-corrected chi connectivity index (χ0v) is 32.0. The van der Waals surface area contributed by atoms with E-state index in [1.807, 2.05) is 0 Å². The molecule has 0 aromatic carbocycles. The Kier molecular flexibility index (Phi) is 38.0. The van der Waals surface area contributed by atoms with Crippen LogP contribution in [0.25, 0.3) is 0 Å². The average molecular weight is 675 g/mol. The highest BCUT2D eigenvalue weighted by molar-refractivity contribution is 5.70. The number of allylic oxidation sites excluding steroid dienone is 6. The third-order valence-electron chi connectivity index (χ3n) is 8.69. The van der Waals surface area contributed by atoms with Crippen molar-refractivity contribution in [2.45, 2.75) is 207 Å². The standard InChI is InChI=1S/C43H78O5/c1-4-7-10-13-16-18-20-21-22-24-26-29-32-35-38-46-39-41(48-43(45)37-34-31-27-15-12-9-6-3)40-47-42(44)36-33-30-28-25-23-19-17-14-11-8-5-2/h7,10,16,18,21-22,41H,4-6,8-9,11-15,17,19-20,23-40H2,1-3H3/b10-7-,18-16-,22-21-. The molecule has 0 aliphatic carbocycles. The molecule has 0 spiro atoms. The van der Waals surface area contributed by atoms with Gasteiger partial charge in [-0.2, -0.15) is 0 Å². The second-order valence-electron chi connectivity index (χ2n) is 13.5. The fourth-order valence-corrected chi connectivity index (χ4v) is 5.64. The summed E-state index contributed by atoms with van der Waals surface area (Å²) in [7, 11) is 0. The number of carbonyl (C=O) groups excluding carboxylic acids is 2. The smallest absolute Gasteiger partial charge is 0.306 e. The third-order valence-corrected chi connectivity index (χ3v) is 8.69. The molecule has 0 rings (SSSR count). The zero-order chi connectivity index (χ0) is 35.0. The maximum Gasteiger partial charge on any atom is 0.306 e. The molecule has 48 heavy (non-hydrogen) atoms. The summed E-state index contributed by atoms with van der Waals surface area (Å²) in [6.07, 6.45) is 44.3. The van der Waals surface area contributed by atoms with E-state index >= 15 is 0 Å². The molecule has 5 heteroatoms. The predicted molar refractivity (Wildman–Crippen MR) is 205 cm³/mol. The average Bonchev–Trinajstić information content (AvgIpc) is 3.08. The first-order chi connectivity index (χ1) is 23.6. The van der Waals surface area contributed by atoms with Gasteiger partial charge in [0.15, 0.2) is 6.10 Å². The van der Waals surface area contributed by atoms with Gasteiger partial charge in [0.05, 0.1) is 6.61 Å². The summed E-state index contributed by atoms with van der Waals surface area (Å²) in [6, 6.07) is 0. The molecule has 0 amide bonds. The van der Waals surface area contributed by atoms with Crippen molar-refractivity contribution in [3.63, 3.8) is 0 Å². The molecule has 0 bridgehead atoms. The second kappa shape index (κ2) is 39.6. The van der Waals surface area contributed by atoms with Crippen molar-refractivity contribution in [2.75, 3.05) is 19.8 Å². The fourth-order valence-electron chi connectivity index (χ4n) is 5.64. The van der Waals surface area contributed by atoms with Gasteiger partial charge in [0.25, 0.3) is 0 Å². The molecular weight excluding hydrogens is 596 g/mol. The molecule has 0 heterocycles. The van der Waals surface area contributed by atoms with E-state index in [4.69, 9.17) is 14.2 Å². The summed E-state index contributed by atoms with van der Waals surface area (Å²) in [5.41, 5.74) is 0. The molecule has 0 radical (unpaired) electrons. The molecule has 5 nitrogen and oxygen atoms in total. The Morgan fingerprint density at radius 2 is 0.938 bits per heavy atom. The normalized spacial score (nSPS) is 12.5. The highest BCUT2D eigenvalue weighted by Crippen LogP contribution is 2.13. The lowest BCUT2D eigenvalue weighted by atomic mass is 10.1. The van der Waals surface area contributed by atoms with Crippen molar-refractivity contribution < 1.29 is 23.8 Å². The molecule has 1 unspecified atom stereocenters. The lowest BCUT2D eigenvalue weighted by molar-refractivity contribution is -0.163. The lowest BCUT2D eigenvalue weighted by Crippen LogP contribution is -2.30. The highest BCUT2D eigenvalue weighted by Gasteiger charge is 2.17. The maximum absolute atomic E-state index is 12.6. The number of ether oxygens (including phenoxy) is 3. The van der Waals surface area contributed by atoms with Gasteiger partial charge in [-0.1, -0.05) is 173 Å². The first kappa shape index (κ1) is 46.1. The number of rotatable bonds is 37. The molecule has 0 saturated heterocycles. The van der Waals surface area contributed by atoms with Gasteiger partial charge in [-0.05, 0) is 51.4 Å². The van der Waals surface area contributed by atoms with Crippen molar-refractivity contribution in [1.82, 2.24) is 0 Å². The number of carbonyl (C=O) groups is 2. The van der Waals surface area contributed by atoms with E-state index in [0.29, 0.717) is 19.4 Å². The summed E-state index contributed by atoms with van der Waals surface area (Å²) >= 11 is 0. The van der Waals surface area contributed by atoms with Crippen LogP contribution >= 0.6 is 0 Å². The highest BCUT2D eigenvalue weighted by atomic mass is 16.6. The van der Waals surface area contributed by atoms with Crippen LogP contribution in [0.1, 0.15) is 201 Å². The second-order valence-corrected chi connectivity index (χ2v) is 13.5. The molecule has 0 aromatic heterocycles. The van der Waals surface area contributed by atoms with Crippen LogP contribution in [0.4, 0.5) is 0 Å². The molecule has 0 fully saturated rings. The van der Waals surface area contributed by atoms with Gasteiger partial charge < -0.3 is 14.2 Å². The molecule has 280 valence electrons. The van der Waals surface area contributed by atoms with Crippen molar-refractivity contribution >= 4 is 11.9 Å². The Balaban J connectivity index is 4.21.